The summed E-state index contributed by atoms with van der Waals surface area (Å²) in [6, 6.07) is 5.54. The first kappa shape index (κ1) is 19.7. The number of ether oxygens (including phenoxy) is 2. The molecule has 0 aliphatic heterocycles. The quantitative estimate of drug-likeness (QED) is 0.636. The van der Waals surface area contributed by atoms with Gasteiger partial charge < -0.3 is 20.1 Å². The molecule has 8 nitrogen and oxygen atoms in total. The van der Waals surface area contributed by atoms with Gasteiger partial charge in [0.25, 0.3) is 5.91 Å². The van der Waals surface area contributed by atoms with Gasteiger partial charge >= 0.3 is 0 Å². The first-order valence-corrected chi connectivity index (χ1v) is 9.44. The lowest BCUT2D eigenvalue weighted by Gasteiger charge is -2.12. The van der Waals surface area contributed by atoms with Crippen LogP contribution in [-0.4, -0.2) is 49.3 Å². The van der Waals surface area contributed by atoms with Crippen LogP contribution in [0.15, 0.2) is 18.2 Å². The molecule has 150 valence electrons. The van der Waals surface area contributed by atoms with E-state index in [4.69, 9.17) is 9.47 Å². The van der Waals surface area contributed by atoms with Crippen LogP contribution in [0.3, 0.4) is 0 Å². The maximum Gasteiger partial charge on any atom is 0.272 e. The third kappa shape index (κ3) is 4.62. The van der Waals surface area contributed by atoms with E-state index in [0.29, 0.717) is 18.7 Å². The van der Waals surface area contributed by atoms with Gasteiger partial charge in [0.1, 0.15) is 11.5 Å². The van der Waals surface area contributed by atoms with Gasteiger partial charge in [-0.3, -0.25) is 14.7 Å². The summed E-state index contributed by atoms with van der Waals surface area (Å²) >= 11 is 0. The first-order valence-electron chi connectivity index (χ1n) is 9.44. The Labute approximate surface area is 164 Å². The molecule has 1 aromatic heterocycles. The van der Waals surface area contributed by atoms with Gasteiger partial charge in [0.05, 0.1) is 20.8 Å². The second-order valence-electron chi connectivity index (χ2n) is 6.70. The minimum Gasteiger partial charge on any atom is -0.497 e. The number of carbonyl (C=O) groups excluding carboxylic acids is 2. The van der Waals surface area contributed by atoms with Gasteiger partial charge in [-0.05, 0) is 55.9 Å². The monoisotopic (exact) mass is 386 g/mol. The third-order valence-corrected chi connectivity index (χ3v) is 4.88. The van der Waals surface area contributed by atoms with Crippen LogP contribution in [0, 0.1) is 0 Å². The number of aromatic amines is 1. The van der Waals surface area contributed by atoms with E-state index in [-0.39, 0.29) is 18.4 Å². The summed E-state index contributed by atoms with van der Waals surface area (Å²) in [6.45, 7) is 0.339. The van der Waals surface area contributed by atoms with Crippen LogP contribution in [0.5, 0.6) is 11.5 Å². The van der Waals surface area contributed by atoms with Crippen molar-refractivity contribution in [3.05, 3.63) is 40.7 Å². The van der Waals surface area contributed by atoms with Crippen molar-refractivity contribution in [3.8, 4) is 11.5 Å². The molecule has 2 aromatic rings. The summed E-state index contributed by atoms with van der Waals surface area (Å²) in [5.41, 5.74) is 3.36. The Bertz CT molecular complexity index is 847. The number of hydrogen-bond donors (Lipinski definition) is 3. The van der Waals surface area contributed by atoms with E-state index in [0.717, 1.165) is 54.0 Å². The van der Waals surface area contributed by atoms with Crippen molar-refractivity contribution in [2.45, 2.75) is 32.1 Å². The fraction of sp³-hybridized carbons (Fsp3) is 0.450. The number of rotatable bonds is 8. The lowest BCUT2D eigenvalue weighted by Crippen LogP contribution is -2.38. The molecule has 0 fully saturated rings. The highest BCUT2D eigenvalue weighted by Crippen LogP contribution is 2.24. The van der Waals surface area contributed by atoms with Gasteiger partial charge in [0.15, 0.2) is 5.69 Å². The van der Waals surface area contributed by atoms with E-state index < -0.39 is 0 Å². The fourth-order valence-corrected chi connectivity index (χ4v) is 3.39. The molecule has 0 radical (unpaired) electrons. The minimum absolute atomic E-state index is 0.0876. The largest absolute Gasteiger partial charge is 0.497 e. The van der Waals surface area contributed by atoms with Gasteiger partial charge in [-0.2, -0.15) is 5.10 Å². The highest BCUT2D eigenvalue weighted by molar-refractivity contribution is 5.96. The average molecular weight is 386 g/mol. The van der Waals surface area contributed by atoms with E-state index >= 15 is 0 Å². The number of methoxy groups -OCH3 is 2. The Kier molecular flexibility index (Phi) is 6.52. The SMILES string of the molecule is COc1ccc(OC)c(CCNC(=O)CNC(=O)c2n[nH]c3c2CCCC3)c1. The standard InChI is InChI=1S/C20H26N4O4/c1-27-14-7-8-17(28-2)13(11-14)9-10-21-18(25)12-22-20(26)19-15-5-3-4-6-16(15)23-24-19/h7-8,11H,3-6,9-10,12H2,1-2H3,(H,21,25)(H,22,26)(H,23,24). The summed E-state index contributed by atoms with van der Waals surface area (Å²) in [5, 5.41) is 12.5. The average Bonchev–Trinajstić information content (AvgIpc) is 3.16. The molecule has 1 aromatic carbocycles. The molecule has 1 heterocycles. The molecule has 0 unspecified atom stereocenters. The molecule has 0 atom stereocenters. The molecule has 2 amide bonds. The number of benzene rings is 1. The number of H-pyrrole nitrogens is 1. The van der Waals surface area contributed by atoms with Crippen molar-refractivity contribution < 1.29 is 19.1 Å². The minimum atomic E-state index is -0.316. The molecule has 3 N–H and O–H groups in total. The molecule has 0 spiro atoms. The second-order valence-corrected chi connectivity index (χ2v) is 6.70. The zero-order valence-electron chi connectivity index (χ0n) is 16.3. The number of aryl methyl sites for hydroxylation is 1. The summed E-state index contributed by atoms with van der Waals surface area (Å²) in [6.07, 6.45) is 4.53. The van der Waals surface area contributed by atoms with Crippen LogP contribution in [-0.2, 0) is 24.1 Å². The van der Waals surface area contributed by atoms with E-state index in [2.05, 4.69) is 20.8 Å². The Balaban J connectivity index is 1.46. The van der Waals surface area contributed by atoms with Crippen molar-refractivity contribution in [1.29, 1.82) is 0 Å². The van der Waals surface area contributed by atoms with Crippen LogP contribution in [0.2, 0.25) is 0 Å². The highest BCUT2D eigenvalue weighted by atomic mass is 16.5. The molecule has 0 saturated carbocycles. The Morgan fingerprint density at radius 2 is 1.96 bits per heavy atom. The van der Waals surface area contributed by atoms with Crippen LogP contribution in [0.4, 0.5) is 0 Å². The number of nitrogens with one attached hydrogen (secondary N) is 3. The van der Waals surface area contributed by atoms with Crippen molar-refractivity contribution in [3.63, 3.8) is 0 Å². The predicted octanol–water partition coefficient (Wildman–Crippen LogP) is 1.39. The van der Waals surface area contributed by atoms with Gasteiger partial charge in [0, 0.05) is 17.8 Å². The maximum atomic E-state index is 12.3. The first-order chi connectivity index (χ1) is 13.6. The molecule has 28 heavy (non-hydrogen) atoms. The van der Waals surface area contributed by atoms with E-state index in [1.807, 2.05) is 18.2 Å². The molecule has 0 saturated heterocycles. The molecular formula is C20H26N4O4. The smallest absolute Gasteiger partial charge is 0.272 e. The second kappa shape index (κ2) is 9.25. The number of aromatic nitrogens is 2. The fourth-order valence-electron chi connectivity index (χ4n) is 3.39. The Morgan fingerprint density at radius 3 is 2.75 bits per heavy atom. The topological polar surface area (TPSA) is 105 Å². The van der Waals surface area contributed by atoms with Crippen LogP contribution < -0.4 is 20.1 Å². The summed E-state index contributed by atoms with van der Waals surface area (Å²) < 4.78 is 10.6. The van der Waals surface area contributed by atoms with Gasteiger partial charge in [-0.1, -0.05) is 0 Å². The van der Waals surface area contributed by atoms with Crippen molar-refractivity contribution >= 4 is 11.8 Å². The number of fused-ring (bicyclic) bond motifs is 1. The Hall–Kier alpha value is -3.03. The molecule has 8 heteroatoms. The molecule has 0 bridgehead atoms. The van der Waals surface area contributed by atoms with Crippen LogP contribution in [0.1, 0.15) is 40.2 Å². The number of carbonyl (C=O) groups is 2. The van der Waals surface area contributed by atoms with Crippen molar-refractivity contribution in [2.24, 2.45) is 0 Å². The molecule has 1 aliphatic carbocycles. The lowest BCUT2D eigenvalue weighted by atomic mass is 9.96. The zero-order valence-corrected chi connectivity index (χ0v) is 16.3. The molecule has 3 rings (SSSR count). The highest BCUT2D eigenvalue weighted by Gasteiger charge is 2.21. The summed E-state index contributed by atoms with van der Waals surface area (Å²) in [7, 11) is 3.21. The van der Waals surface area contributed by atoms with Gasteiger partial charge in [0.2, 0.25) is 5.91 Å². The molecule has 1 aliphatic rings. The maximum absolute atomic E-state index is 12.3. The number of amides is 2. The Morgan fingerprint density at radius 1 is 1.14 bits per heavy atom. The van der Waals surface area contributed by atoms with Crippen LogP contribution >= 0.6 is 0 Å². The predicted molar refractivity (Wildman–Crippen MR) is 104 cm³/mol. The number of hydrogen-bond acceptors (Lipinski definition) is 5. The third-order valence-electron chi connectivity index (χ3n) is 4.88. The summed E-state index contributed by atoms with van der Waals surface area (Å²) in [4.78, 5) is 24.4. The summed E-state index contributed by atoms with van der Waals surface area (Å²) in [5.74, 6) is 0.909. The van der Waals surface area contributed by atoms with Gasteiger partial charge in [-0.25, -0.2) is 0 Å². The van der Waals surface area contributed by atoms with E-state index in [1.54, 1.807) is 14.2 Å². The van der Waals surface area contributed by atoms with Gasteiger partial charge in [-0.15, -0.1) is 0 Å². The van der Waals surface area contributed by atoms with E-state index in [9.17, 15) is 9.59 Å². The zero-order chi connectivity index (χ0) is 19.9. The number of nitrogens with zero attached hydrogens (tertiary/aromatic N) is 1. The lowest BCUT2D eigenvalue weighted by molar-refractivity contribution is -0.120. The van der Waals surface area contributed by atoms with Crippen LogP contribution in [0.25, 0.3) is 0 Å². The van der Waals surface area contributed by atoms with Crippen molar-refractivity contribution in [2.75, 3.05) is 27.3 Å². The molecular weight excluding hydrogens is 360 g/mol. The van der Waals surface area contributed by atoms with Crippen molar-refractivity contribution in [1.82, 2.24) is 20.8 Å². The van der Waals surface area contributed by atoms with E-state index in [1.165, 1.54) is 0 Å². The normalized spacial score (nSPS) is 12.8.